The van der Waals surface area contributed by atoms with Crippen molar-refractivity contribution in [3.63, 3.8) is 0 Å². The third-order valence-corrected chi connectivity index (χ3v) is 7.19. The van der Waals surface area contributed by atoms with E-state index in [1.165, 1.54) is 9.21 Å². The quantitative estimate of drug-likeness (QED) is 0.684. The molecule has 1 aromatic heterocycles. The zero-order valence-corrected chi connectivity index (χ0v) is 18.1. The Morgan fingerprint density at radius 2 is 1.77 bits per heavy atom. The number of aromatic nitrogens is 2. The largest absolute Gasteiger partial charge is 0.455 e. The Hall–Kier alpha value is -2.72. The zero-order valence-electron chi connectivity index (χ0n) is 17.3. The van der Waals surface area contributed by atoms with E-state index in [-0.39, 0.29) is 43.6 Å². The fourth-order valence-electron chi connectivity index (χ4n) is 3.58. The lowest BCUT2D eigenvalue weighted by atomic mass is 9.99. The van der Waals surface area contributed by atoms with Gasteiger partial charge < -0.3 is 9.64 Å². The molecule has 0 radical (unpaired) electrons. The molecule has 3 rings (SSSR count). The lowest BCUT2D eigenvalue weighted by Gasteiger charge is -2.33. The number of carbonyl (C=O) groups is 2. The van der Waals surface area contributed by atoms with Crippen LogP contribution in [0.4, 0.5) is 0 Å². The van der Waals surface area contributed by atoms with Gasteiger partial charge in [0.1, 0.15) is 0 Å². The fourth-order valence-corrected chi connectivity index (χ4v) is 5.03. The summed E-state index contributed by atoms with van der Waals surface area (Å²) in [5, 5.41) is 6.91. The van der Waals surface area contributed by atoms with Crippen LogP contribution in [0.1, 0.15) is 29.8 Å². The SMILES string of the molecule is Cc1n[nH]c(C)c1[C@@H](C)C(=O)OCC(=O)N1CCN(S(=O)(=O)c2ccccc2)CC1. The number of aromatic amines is 1. The first-order valence-electron chi connectivity index (χ1n) is 9.73. The van der Waals surface area contributed by atoms with E-state index in [2.05, 4.69) is 10.2 Å². The highest BCUT2D eigenvalue weighted by atomic mass is 32.2. The summed E-state index contributed by atoms with van der Waals surface area (Å²) in [4.78, 5) is 26.5. The summed E-state index contributed by atoms with van der Waals surface area (Å²) in [5.41, 5.74) is 2.28. The molecule has 30 heavy (non-hydrogen) atoms. The molecule has 0 spiro atoms. The van der Waals surface area contributed by atoms with Crippen LogP contribution in [0.5, 0.6) is 0 Å². The van der Waals surface area contributed by atoms with E-state index in [0.717, 1.165) is 17.0 Å². The molecule has 0 saturated carbocycles. The van der Waals surface area contributed by atoms with Gasteiger partial charge in [-0.25, -0.2) is 8.42 Å². The average Bonchev–Trinajstić information content (AvgIpc) is 3.09. The molecule has 2 aromatic rings. The van der Waals surface area contributed by atoms with Crippen LogP contribution in [-0.2, 0) is 24.3 Å². The lowest BCUT2D eigenvalue weighted by Crippen LogP contribution is -2.51. The van der Waals surface area contributed by atoms with Gasteiger partial charge in [0.15, 0.2) is 6.61 Å². The van der Waals surface area contributed by atoms with Gasteiger partial charge in [-0.05, 0) is 32.9 Å². The molecule has 1 aliphatic rings. The van der Waals surface area contributed by atoms with Gasteiger partial charge in [0.05, 0.1) is 16.5 Å². The minimum Gasteiger partial charge on any atom is -0.455 e. The van der Waals surface area contributed by atoms with Crippen molar-refractivity contribution in [2.75, 3.05) is 32.8 Å². The van der Waals surface area contributed by atoms with Crippen molar-refractivity contribution in [2.24, 2.45) is 0 Å². The number of amides is 1. The molecule has 162 valence electrons. The first kappa shape index (κ1) is 22.0. The number of hydrogen-bond donors (Lipinski definition) is 1. The number of nitrogens with one attached hydrogen (secondary N) is 1. The number of piperazine rings is 1. The number of esters is 1. The van der Waals surface area contributed by atoms with Crippen molar-refractivity contribution in [3.05, 3.63) is 47.3 Å². The monoisotopic (exact) mass is 434 g/mol. The van der Waals surface area contributed by atoms with Crippen molar-refractivity contribution in [1.29, 1.82) is 0 Å². The van der Waals surface area contributed by atoms with E-state index >= 15 is 0 Å². The van der Waals surface area contributed by atoms with Gasteiger partial charge in [-0.15, -0.1) is 0 Å². The highest BCUT2D eigenvalue weighted by Crippen LogP contribution is 2.22. The highest BCUT2D eigenvalue weighted by molar-refractivity contribution is 7.89. The first-order valence-corrected chi connectivity index (χ1v) is 11.2. The van der Waals surface area contributed by atoms with Gasteiger partial charge >= 0.3 is 5.97 Å². The van der Waals surface area contributed by atoms with Crippen LogP contribution in [0.2, 0.25) is 0 Å². The summed E-state index contributed by atoms with van der Waals surface area (Å²) in [6.07, 6.45) is 0. The van der Waals surface area contributed by atoms with Crippen LogP contribution in [0.15, 0.2) is 35.2 Å². The fraction of sp³-hybridized carbons (Fsp3) is 0.450. The van der Waals surface area contributed by atoms with Crippen LogP contribution in [0, 0.1) is 13.8 Å². The number of carbonyl (C=O) groups excluding carboxylic acids is 2. The second-order valence-corrected chi connectivity index (χ2v) is 9.21. The summed E-state index contributed by atoms with van der Waals surface area (Å²) in [6.45, 7) is 5.86. The Kier molecular flexibility index (Phi) is 6.57. The van der Waals surface area contributed by atoms with Crippen LogP contribution in [-0.4, -0.2) is 72.5 Å². The third kappa shape index (κ3) is 4.54. The molecular formula is C20H26N4O5S. The van der Waals surface area contributed by atoms with Crippen molar-refractivity contribution in [1.82, 2.24) is 19.4 Å². The van der Waals surface area contributed by atoms with E-state index < -0.39 is 21.9 Å². The van der Waals surface area contributed by atoms with Crippen LogP contribution in [0.25, 0.3) is 0 Å². The molecule has 1 fully saturated rings. The van der Waals surface area contributed by atoms with Crippen molar-refractivity contribution < 1.29 is 22.7 Å². The second kappa shape index (κ2) is 8.97. The van der Waals surface area contributed by atoms with Gasteiger partial charge in [-0.2, -0.15) is 9.40 Å². The number of nitrogens with zero attached hydrogens (tertiary/aromatic N) is 3. The molecular weight excluding hydrogens is 408 g/mol. The maximum Gasteiger partial charge on any atom is 0.313 e. The Labute approximate surface area is 176 Å². The summed E-state index contributed by atoms with van der Waals surface area (Å²) in [6, 6.07) is 8.21. The molecule has 0 aliphatic carbocycles. The third-order valence-electron chi connectivity index (χ3n) is 5.28. The Morgan fingerprint density at radius 3 is 2.33 bits per heavy atom. The number of rotatable bonds is 6. The lowest BCUT2D eigenvalue weighted by molar-refractivity contribution is -0.153. The van der Waals surface area contributed by atoms with E-state index in [0.29, 0.717) is 0 Å². The number of benzene rings is 1. The normalized spacial score (nSPS) is 16.3. The molecule has 10 heteroatoms. The van der Waals surface area contributed by atoms with E-state index in [1.54, 1.807) is 44.2 Å². The molecule has 1 saturated heterocycles. The first-order chi connectivity index (χ1) is 14.2. The zero-order chi connectivity index (χ0) is 21.9. The van der Waals surface area contributed by atoms with E-state index in [9.17, 15) is 18.0 Å². The predicted octanol–water partition coefficient (Wildman–Crippen LogP) is 1.21. The summed E-state index contributed by atoms with van der Waals surface area (Å²) in [7, 11) is -3.58. The Bertz CT molecular complexity index is 992. The number of hydrogen-bond acceptors (Lipinski definition) is 6. The Morgan fingerprint density at radius 1 is 1.13 bits per heavy atom. The van der Waals surface area contributed by atoms with Crippen molar-refractivity contribution >= 4 is 21.9 Å². The summed E-state index contributed by atoms with van der Waals surface area (Å²) in [5.74, 6) is -1.38. The van der Waals surface area contributed by atoms with Crippen molar-refractivity contribution in [3.8, 4) is 0 Å². The molecule has 9 nitrogen and oxygen atoms in total. The van der Waals surface area contributed by atoms with Gasteiger partial charge in [0.25, 0.3) is 5.91 Å². The van der Waals surface area contributed by atoms with Crippen molar-refractivity contribution in [2.45, 2.75) is 31.6 Å². The summed E-state index contributed by atoms with van der Waals surface area (Å²) >= 11 is 0. The van der Waals surface area contributed by atoms with E-state index in [1.807, 2.05) is 6.92 Å². The molecule has 0 bridgehead atoms. The number of ether oxygens (including phenoxy) is 1. The maximum atomic E-state index is 12.7. The van der Waals surface area contributed by atoms with Gasteiger partial charge in [0, 0.05) is 37.4 Å². The smallest absolute Gasteiger partial charge is 0.313 e. The molecule has 1 amide bonds. The van der Waals surface area contributed by atoms with Gasteiger partial charge in [0.2, 0.25) is 10.0 Å². The van der Waals surface area contributed by atoms with E-state index in [4.69, 9.17) is 4.74 Å². The average molecular weight is 435 g/mol. The standard InChI is InChI=1S/C20H26N4O5S/c1-14(19-15(2)21-22-16(19)3)20(26)29-13-18(25)23-9-11-24(12-10-23)30(27,28)17-7-5-4-6-8-17/h4-8,14H,9-13H2,1-3H3,(H,21,22)/t14-/m1/s1. The predicted molar refractivity (Wildman–Crippen MR) is 109 cm³/mol. The van der Waals surface area contributed by atoms with Crippen LogP contribution < -0.4 is 0 Å². The molecule has 0 unspecified atom stereocenters. The van der Waals surface area contributed by atoms with Gasteiger partial charge in [-0.1, -0.05) is 18.2 Å². The minimum absolute atomic E-state index is 0.195. The summed E-state index contributed by atoms with van der Waals surface area (Å²) < 4.78 is 31.9. The number of H-pyrrole nitrogens is 1. The van der Waals surface area contributed by atoms with Crippen LogP contribution in [0.3, 0.4) is 0 Å². The minimum atomic E-state index is -3.58. The number of aryl methyl sites for hydroxylation is 2. The molecule has 1 aliphatic heterocycles. The topological polar surface area (TPSA) is 113 Å². The van der Waals surface area contributed by atoms with Gasteiger partial charge in [-0.3, -0.25) is 14.7 Å². The molecule has 2 heterocycles. The second-order valence-electron chi connectivity index (χ2n) is 7.28. The molecule has 1 N–H and O–H groups in total. The maximum absolute atomic E-state index is 12.7. The molecule has 1 atom stereocenters. The van der Waals surface area contributed by atoms with Crippen LogP contribution >= 0.6 is 0 Å². The highest BCUT2D eigenvalue weighted by Gasteiger charge is 2.31. The number of sulfonamides is 1. The Balaban J connectivity index is 1.52. The molecule has 1 aromatic carbocycles.